The van der Waals surface area contributed by atoms with Gasteiger partial charge in [0, 0.05) is 19.7 Å². The van der Waals surface area contributed by atoms with Crippen molar-refractivity contribution in [2.75, 3.05) is 26.8 Å². The minimum Gasteiger partial charge on any atom is -0.497 e. The summed E-state index contributed by atoms with van der Waals surface area (Å²) in [6.07, 6.45) is 2.45. The van der Waals surface area contributed by atoms with Crippen LogP contribution < -0.4 is 10.1 Å². The Morgan fingerprint density at radius 2 is 1.92 bits per heavy atom. The van der Waals surface area contributed by atoms with Crippen LogP contribution in [0.25, 0.3) is 11.0 Å². The van der Waals surface area contributed by atoms with Gasteiger partial charge in [-0.05, 0) is 54.7 Å². The SMILES string of the molecule is COc1cccc([C@H](C(=O)NC[C@@H]2CCCO2)N(CCc2ccccc2)C(=O)Cn2nnc3ccccc32)c1. The fourth-order valence-electron chi connectivity index (χ4n) is 4.95. The number of ether oxygens (including phenoxy) is 2. The topological polar surface area (TPSA) is 98.6 Å². The number of carbonyl (C=O) groups is 2. The average molecular weight is 528 g/mol. The number of fused-ring (bicyclic) bond motifs is 1. The van der Waals surface area contributed by atoms with E-state index in [0.717, 1.165) is 23.9 Å². The Bertz CT molecular complexity index is 1400. The third-order valence-electron chi connectivity index (χ3n) is 7.01. The molecule has 1 aromatic heterocycles. The Balaban J connectivity index is 1.47. The minimum atomic E-state index is -0.868. The Morgan fingerprint density at radius 1 is 1.10 bits per heavy atom. The maximum atomic E-state index is 14.0. The number of nitrogens with zero attached hydrogens (tertiary/aromatic N) is 4. The lowest BCUT2D eigenvalue weighted by molar-refractivity contribution is -0.141. The van der Waals surface area contributed by atoms with Crippen LogP contribution in [0.2, 0.25) is 0 Å². The lowest BCUT2D eigenvalue weighted by Gasteiger charge is -2.32. The van der Waals surface area contributed by atoms with E-state index in [1.54, 1.807) is 16.7 Å². The number of para-hydroxylation sites is 1. The number of hydrogen-bond donors (Lipinski definition) is 1. The van der Waals surface area contributed by atoms with E-state index < -0.39 is 6.04 Å². The van der Waals surface area contributed by atoms with Gasteiger partial charge in [-0.3, -0.25) is 9.59 Å². The summed E-state index contributed by atoms with van der Waals surface area (Å²) in [5.74, 6) is 0.118. The molecule has 0 spiro atoms. The molecule has 9 heteroatoms. The molecule has 0 saturated carbocycles. The van der Waals surface area contributed by atoms with Crippen molar-refractivity contribution in [3.63, 3.8) is 0 Å². The molecule has 1 aliphatic heterocycles. The highest BCUT2D eigenvalue weighted by atomic mass is 16.5. The zero-order valence-electron chi connectivity index (χ0n) is 22.0. The van der Waals surface area contributed by atoms with E-state index in [1.807, 2.05) is 78.9 Å². The molecule has 0 aliphatic carbocycles. The maximum absolute atomic E-state index is 14.0. The third kappa shape index (κ3) is 6.43. The summed E-state index contributed by atoms with van der Waals surface area (Å²) in [4.78, 5) is 29.5. The van der Waals surface area contributed by atoms with E-state index in [2.05, 4.69) is 15.6 Å². The number of carbonyl (C=O) groups excluding carboxylic acids is 2. The van der Waals surface area contributed by atoms with Crippen molar-refractivity contribution in [3.05, 3.63) is 90.0 Å². The Kier molecular flexibility index (Phi) is 8.48. The Morgan fingerprint density at radius 3 is 2.72 bits per heavy atom. The van der Waals surface area contributed by atoms with Gasteiger partial charge in [-0.1, -0.05) is 59.8 Å². The van der Waals surface area contributed by atoms with E-state index in [1.165, 1.54) is 0 Å². The van der Waals surface area contributed by atoms with Crippen LogP contribution in [0.15, 0.2) is 78.9 Å². The number of nitrogens with one attached hydrogen (secondary N) is 1. The molecule has 3 aromatic carbocycles. The monoisotopic (exact) mass is 527 g/mol. The molecule has 0 unspecified atom stereocenters. The van der Waals surface area contributed by atoms with Crippen molar-refractivity contribution >= 4 is 22.8 Å². The van der Waals surface area contributed by atoms with Crippen LogP contribution in [0.3, 0.4) is 0 Å². The zero-order chi connectivity index (χ0) is 27.0. The summed E-state index contributed by atoms with van der Waals surface area (Å²) < 4.78 is 12.8. The second-order valence-corrected chi connectivity index (χ2v) is 9.62. The summed E-state index contributed by atoms with van der Waals surface area (Å²) in [5.41, 5.74) is 3.21. The molecule has 1 fully saturated rings. The fourth-order valence-corrected chi connectivity index (χ4v) is 4.95. The second kappa shape index (κ2) is 12.5. The molecule has 39 heavy (non-hydrogen) atoms. The molecule has 1 saturated heterocycles. The number of methoxy groups -OCH3 is 1. The van der Waals surface area contributed by atoms with Crippen LogP contribution in [0.4, 0.5) is 0 Å². The van der Waals surface area contributed by atoms with E-state index in [0.29, 0.717) is 42.9 Å². The van der Waals surface area contributed by atoms with Gasteiger partial charge >= 0.3 is 0 Å². The molecule has 2 amide bonds. The van der Waals surface area contributed by atoms with Gasteiger partial charge in [0.05, 0.1) is 18.7 Å². The van der Waals surface area contributed by atoms with Crippen molar-refractivity contribution in [1.82, 2.24) is 25.2 Å². The third-order valence-corrected chi connectivity index (χ3v) is 7.01. The largest absolute Gasteiger partial charge is 0.497 e. The molecule has 0 bridgehead atoms. The molecule has 0 radical (unpaired) electrons. The van der Waals surface area contributed by atoms with Crippen LogP contribution >= 0.6 is 0 Å². The van der Waals surface area contributed by atoms with E-state index in [4.69, 9.17) is 9.47 Å². The minimum absolute atomic E-state index is 0.0186. The Hall–Kier alpha value is -4.24. The van der Waals surface area contributed by atoms with E-state index in [9.17, 15) is 9.59 Å². The van der Waals surface area contributed by atoms with Gasteiger partial charge in [-0.25, -0.2) is 4.68 Å². The van der Waals surface area contributed by atoms with Crippen LogP contribution in [-0.2, 0) is 27.3 Å². The van der Waals surface area contributed by atoms with Crippen LogP contribution in [0, 0.1) is 0 Å². The summed E-state index contributed by atoms with van der Waals surface area (Å²) >= 11 is 0. The first-order valence-electron chi connectivity index (χ1n) is 13.3. The fraction of sp³-hybridized carbons (Fsp3) is 0.333. The lowest BCUT2D eigenvalue weighted by atomic mass is 10.0. The number of benzene rings is 3. The normalized spacial score (nSPS) is 15.7. The molecule has 1 aliphatic rings. The van der Waals surface area contributed by atoms with Gasteiger partial charge in [0.15, 0.2) is 0 Å². The summed E-state index contributed by atoms with van der Waals surface area (Å²) in [6, 6.07) is 23.9. The van der Waals surface area contributed by atoms with Crippen molar-refractivity contribution < 1.29 is 19.1 Å². The molecule has 9 nitrogen and oxygen atoms in total. The van der Waals surface area contributed by atoms with E-state index >= 15 is 0 Å². The summed E-state index contributed by atoms with van der Waals surface area (Å²) in [7, 11) is 1.58. The lowest BCUT2D eigenvalue weighted by Crippen LogP contribution is -2.47. The predicted molar refractivity (Wildman–Crippen MR) is 147 cm³/mol. The van der Waals surface area contributed by atoms with Crippen LogP contribution in [0.5, 0.6) is 5.75 Å². The van der Waals surface area contributed by atoms with Crippen molar-refractivity contribution in [3.8, 4) is 5.75 Å². The van der Waals surface area contributed by atoms with Crippen LogP contribution in [-0.4, -0.2) is 64.6 Å². The van der Waals surface area contributed by atoms with Gasteiger partial charge in [0.1, 0.15) is 23.9 Å². The first kappa shape index (κ1) is 26.4. The molecule has 4 aromatic rings. The molecule has 202 valence electrons. The number of hydrogen-bond acceptors (Lipinski definition) is 6. The molecular weight excluding hydrogens is 494 g/mol. The van der Waals surface area contributed by atoms with E-state index in [-0.39, 0.29) is 24.5 Å². The molecule has 1 N–H and O–H groups in total. The highest BCUT2D eigenvalue weighted by Crippen LogP contribution is 2.26. The number of amides is 2. The standard InChI is InChI=1S/C30H33N5O4/c1-38-24-12-7-11-23(19-24)29(30(37)31-20-25-13-8-18-39-25)34(17-16-22-9-3-2-4-10-22)28(36)21-35-27-15-6-5-14-26(27)32-33-35/h2-7,9-12,14-15,19,25,29H,8,13,16-18,20-21H2,1H3,(H,31,37)/t25-,29+/m0/s1. The summed E-state index contributed by atoms with van der Waals surface area (Å²) in [5, 5.41) is 11.5. The highest BCUT2D eigenvalue weighted by Gasteiger charge is 2.32. The van der Waals surface area contributed by atoms with Gasteiger partial charge in [0.25, 0.3) is 0 Å². The molecule has 5 rings (SSSR count). The average Bonchev–Trinajstić information content (AvgIpc) is 3.65. The van der Waals surface area contributed by atoms with Gasteiger partial charge in [0.2, 0.25) is 11.8 Å². The van der Waals surface area contributed by atoms with Gasteiger partial charge in [-0.15, -0.1) is 5.10 Å². The zero-order valence-corrected chi connectivity index (χ0v) is 22.0. The predicted octanol–water partition coefficient (Wildman–Crippen LogP) is 3.55. The summed E-state index contributed by atoms with van der Waals surface area (Å²) in [6.45, 7) is 1.39. The molecular formula is C30H33N5O4. The highest BCUT2D eigenvalue weighted by molar-refractivity contribution is 5.89. The van der Waals surface area contributed by atoms with Crippen molar-refractivity contribution in [2.24, 2.45) is 0 Å². The smallest absolute Gasteiger partial charge is 0.247 e. The molecule has 2 heterocycles. The van der Waals surface area contributed by atoms with Gasteiger partial charge in [-0.2, -0.15) is 0 Å². The van der Waals surface area contributed by atoms with Crippen LogP contribution in [0.1, 0.15) is 30.0 Å². The first-order chi connectivity index (χ1) is 19.1. The van der Waals surface area contributed by atoms with Crippen molar-refractivity contribution in [2.45, 2.75) is 38.0 Å². The quantitative estimate of drug-likeness (QED) is 0.320. The number of aromatic nitrogens is 3. The maximum Gasteiger partial charge on any atom is 0.247 e. The Labute approximate surface area is 227 Å². The van der Waals surface area contributed by atoms with Crippen molar-refractivity contribution in [1.29, 1.82) is 0 Å². The van der Waals surface area contributed by atoms with Gasteiger partial charge < -0.3 is 19.7 Å². The first-order valence-corrected chi connectivity index (χ1v) is 13.3. The number of rotatable bonds is 11. The molecule has 2 atom stereocenters. The second-order valence-electron chi connectivity index (χ2n) is 9.62.